The first-order valence-electron chi connectivity index (χ1n) is 11.9. The molecule has 2 heterocycles. The summed E-state index contributed by atoms with van der Waals surface area (Å²) < 4.78 is 73.3. The molecular weight excluding hydrogens is 547 g/mol. The largest absolute Gasteiger partial charge is 0.433 e. The molecule has 0 fully saturated rings. The number of hydrogen-bond acceptors (Lipinski definition) is 8. The number of rotatable bonds is 5. The van der Waals surface area contributed by atoms with Crippen LogP contribution in [0.2, 0.25) is 0 Å². The Balaban J connectivity index is 1.77. The standard InChI is InChI=1S/C26H22F3N7O3S/c1-24(2,3)35-40(38,39)20-17-9-5-10-18(20)25(17)19(22(37)33-23-31-11-6-12-32-23)21(26(27,28)29)34-36(25)16-8-4-7-15(13-16)14-30/h4-13,34-35H,1-3H3,(H,31,32,33,37). The number of nitrogens with zero attached hydrogens (tertiary/aromatic N) is 4. The molecule has 3 aromatic rings. The Labute approximate surface area is 227 Å². The monoisotopic (exact) mass is 569 g/mol. The molecule has 1 aromatic heterocycles. The van der Waals surface area contributed by atoms with E-state index in [0.717, 1.165) is 5.01 Å². The molecule has 1 aliphatic carbocycles. The van der Waals surface area contributed by atoms with Crippen LogP contribution in [0, 0.1) is 11.3 Å². The summed E-state index contributed by atoms with van der Waals surface area (Å²) in [5.41, 5.74) is -2.69. The predicted octanol–water partition coefficient (Wildman–Crippen LogP) is 3.46. The number of fused-ring (bicyclic) bond motifs is 4. The van der Waals surface area contributed by atoms with Crippen LogP contribution < -0.4 is 20.5 Å². The number of halogens is 3. The Morgan fingerprint density at radius 3 is 2.25 bits per heavy atom. The number of nitrogens with one attached hydrogen (secondary N) is 3. The Bertz CT molecular complexity index is 1690. The average molecular weight is 570 g/mol. The van der Waals surface area contributed by atoms with E-state index in [2.05, 4.69) is 25.4 Å². The molecular formula is C26H22F3N7O3S. The highest BCUT2D eigenvalue weighted by molar-refractivity contribution is 7.89. The van der Waals surface area contributed by atoms with Crippen LogP contribution in [-0.2, 0) is 20.4 Å². The van der Waals surface area contributed by atoms with Gasteiger partial charge in [-0.05, 0) is 45.0 Å². The Hall–Kier alpha value is -4.48. The van der Waals surface area contributed by atoms with Crippen molar-refractivity contribution >= 4 is 27.6 Å². The van der Waals surface area contributed by atoms with Gasteiger partial charge in [-0.15, -0.1) is 0 Å². The predicted molar refractivity (Wildman–Crippen MR) is 138 cm³/mol. The van der Waals surface area contributed by atoms with Crippen LogP contribution >= 0.6 is 0 Å². The van der Waals surface area contributed by atoms with E-state index >= 15 is 0 Å². The van der Waals surface area contributed by atoms with Crippen molar-refractivity contribution in [1.29, 1.82) is 5.26 Å². The molecule has 0 radical (unpaired) electrons. The average Bonchev–Trinajstić information content (AvgIpc) is 3.26. The van der Waals surface area contributed by atoms with E-state index in [9.17, 15) is 31.6 Å². The highest BCUT2D eigenvalue weighted by atomic mass is 32.2. The van der Waals surface area contributed by atoms with Crippen LogP contribution in [0.4, 0.5) is 24.8 Å². The molecule has 1 spiro atoms. The van der Waals surface area contributed by atoms with Crippen LogP contribution in [0.3, 0.4) is 0 Å². The van der Waals surface area contributed by atoms with Crippen LogP contribution in [-0.4, -0.2) is 36.0 Å². The van der Waals surface area contributed by atoms with Crippen molar-refractivity contribution < 1.29 is 26.4 Å². The number of benzene rings is 2. The minimum absolute atomic E-state index is 0.0602. The van der Waals surface area contributed by atoms with Gasteiger partial charge in [0.2, 0.25) is 16.0 Å². The Kier molecular flexibility index (Phi) is 6.12. The lowest BCUT2D eigenvalue weighted by Gasteiger charge is -2.49. The van der Waals surface area contributed by atoms with E-state index in [4.69, 9.17) is 0 Å². The van der Waals surface area contributed by atoms with Crippen LogP contribution in [0.25, 0.3) is 0 Å². The first kappa shape index (κ1) is 27.1. The van der Waals surface area contributed by atoms with E-state index in [0.29, 0.717) is 0 Å². The Morgan fingerprint density at radius 2 is 1.68 bits per heavy atom. The molecule has 40 heavy (non-hydrogen) atoms. The summed E-state index contributed by atoms with van der Waals surface area (Å²) in [7, 11) is -4.24. The summed E-state index contributed by atoms with van der Waals surface area (Å²) in [5, 5.41) is 12.8. The zero-order chi connectivity index (χ0) is 29.1. The molecule has 206 valence electrons. The number of amides is 1. The molecule has 10 nitrogen and oxygen atoms in total. The van der Waals surface area contributed by atoms with E-state index in [1.54, 1.807) is 20.8 Å². The third-order valence-corrected chi connectivity index (χ3v) is 8.07. The first-order chi connectivity index (χ1) is 18.7. The maximum absolute atomic E-state index is 14.6. The van der Waals surface area contributed by atoms with Crippen molar-refractivity contribution in [1.82, 2.24) is 20.1 Å². The number of carbonyl (C=O) groups excluding carboxylic acids is 1. The highest BCUT2D eigenvalue weighted by Gasteiger charge is 2.65. The van der Waals surface area contributed by atoms with Crippen LogP contribution in [0.1, 0.15) is 37.5 Å². The molecule has 2 aliphatic rings. The summed E-state index contributed by atoms with van der Waals surface area (Å²) in [5.74, 6) is -1.43. The van der Waals surface area contributed by atoms with E-state index in [1.165, 1.54) is 60.9 Å². The number of hydrazine groups is 1. The van der Waals surface area contributed by atoms with Gasteiger partial charge in [0.1, 0.15) is 11.2 Å². The second-order valence-corrected chi connectivity index (χ2v) is 11.8. The maximum Gasteiger partial charge on any atom is 0.433 e. The molecule has 1 amide bonds. The number of aromatic nitrogens is 2. The van der Waals surface area contributed by atoms with Gasteiger partial charge in [-0.3, -0.25) is 20.5 Å². The summed E-state index contributed by atoms with van der Waals surface area (Å²) in [4.78, 5) is 21.2. The molecule has 2 aromatic carbocycles. The number of sulfonamides is 1. The SMILES string of the molecule is CC(C)(C)NS(=O)(=O)c1c2cccc1C21C(C(=O)Nc2ncccn2)=C(C(F)(F)F)NN1c1cccc(C#N)c1. The minimum Gasteiger partial charge on any atom is -0.292 e. The van der Waals surface area contributed by atoms with Crippen LogP contribution in [0.5, 0.6) is 0 Å². The van der Waals surface area contributed by atoms with Crippen molar-refractivity contribution in [3.63, 3.8) is 0 Å². The minimum atomic E-state index is -5.06. The van der Waals surface area contributed by atoms with Crippen molar-refractivity contribution in [2.75, 3.05) is 10.3 Å². The highest BCUT2D eigenvalue weighted by Crippen LogP contribution is 2.60. The van der Waals surface area contributed by atoms with Crippen molar-refractivity contribution in [3.8, 4) is 6.07 Å². The van der Waals surface area contributed by atoms with Gasteiger partial charge < -0.3 is 0 Å². The van der Waals surface area contributed by atoms with Gasteiger partial charge in [0.15, 0.2) is 0 Å². The fourth-order valence-corrected chi connectivity index (χ4v) is 6.89. The van der Waals surface area contributed by atoms with Gasteiger partial charge in [0.05, 0.1) is 27.8 Å². The van der Waals surface area contributed by atoms with Crippen LogP contribution in [0.15, 0.2) is 77.1 Å². The van der Waals surface area contributed by atoms with Crippen molar-refractivity contribution in [2.24, 2.45) is 0 Å². The van der Waals surface area contributed by atoms with Gasteiger partial charge in [0, 0.05) is 29.1 Å². The summed E-state index contributed by atoms with van der Waals surface area (Å²) in [6.07, 6.45) is -2.45. The number of nitriles is 1. The number of anilines is 2. The second kappa shape index (κ2) is 9.04. The second-order valence-electron chi connectivity index (χ2n) is 10.1. The van der Waals surface area contributed by atoms with Gasteiger partial charge in [-0.1, -0.05) is 24.3 Å². The first-order valence-corrected chi connectivity index (χ1v) is 13.3. The summed E-state index contributed by atoms with van der Waals surface area (Å²) in [6.45, 7) is 4.88. The third-order valence-electron chi connectivity index (χ3n) is 6.21. The molecule has 0 saturated heterocycles. The smallest absolute Gasteiger partial charge is 0.292 e. The summed E-state index contributed by atoms with van der Waals surface area (Å²) >= 11 is 0. The van der Waals surface area contributed by atoms with E-state index < -0.39 is 44.5 Å². The molecule has 5 rings (SSSR count). The Morgan fingerprint density at radius 1 is 1.05 bits per heavy atom. The van der Waals surface area contributed by atoms with Crippen molar-refractivity contribution in [2.45, 2.75) is 42.9 Å². The quantitative estimate of drug-likeness (QED) is 0.425. The normalized spacial score (nSPS) is 15.9. The van der Waals surface area contributed by atoms with Crippen molar-refractivity contribution in [3.05, 3.63) is 88.9 Å². The number of hydrogen-bond donors (Lipinski definition) is 3. The summed E-state index contributed by atoms with van der Waals surface area (Å²) in [6, 6.07) is 13.3. The fraction of sp³-hybridized carbons (Fsp3) is 0.231. The van der Waals surface area contributed by atoms with Gasteiger partial charge in [-0.25, -0.2) is 23.1 Å². The molecule has 0 saturated carbocycles. The zero-order valence-electron chi connectivity index (χ0n) is 21.3. The number of allylic oxidation sites excluding steroid dienone is 1. The molecule has 3 N–H and O–H groups in total. The molecule has 14 heteroatoms. The lowest BCUT2D eigenvalue weighted by Crippen LogP contribution is -2.58. The molecule has 0 unspecified atom stereocenters. The van der Waals surface area contributed by atoms with Gasteiger partial charge >= 0.3 is 6.18 Å². The number of alkyl halides is 3. The fourth-order valence-electron chi connectivity index (χ4n) is 4.97. The van der Waals surface area contributed by atoms with E-state index in [1.807, 2.05) is 6.07 Å². The maximum atomic E-state index is 14.6. The third kappa shape index (κ3) is 4.23. The lowest BCUT2D eigenvalue weighted by molar-refractivity contribution is -0.115. The van der Waals surface area contributed by atoms with Gasteiger partial charge in [0.25, 0.3) is 5.91 Å². The zero-order valence-corrected chi connectivity index (χ0v) is 22.1. The molecule has 2 bridgehead atoms. The van der Waals surface area contributed by atoms with E-state index in [-0.39, 0.29) is 33.2 Å². The molecule has 1 aliphatic heterocycles. The van der Waals surface area contributed by atoms with Gasteiger partial charge in [-0.2, -0.15) is 18.4 Å². The lowest BCUT2D eigenvalue weighted by atomic mass is 9.67. The number of carbonyl (C=O) groups is 1. The molecule has 0 atom stereocenters. The topological polar surface area (TPSA) is 140 Å².